The summed E-state index contributed by atoms with van der Waals surface area (Å²) in [6.07, 6.45) is 2.26. The number of nitrogens with zero attached hydrogens (tertiary/aromatic N) is 2. The molecule has 0 radical (unpaired) electrons. The summed E-state index contributed by atoms with van der Waals surface area (Å²) in [5.74, 6) is 0.652. The van der Waals surface area contributed by atoms with Gasteiger partial charge in [0.25, 0.3) is 0 Å². The fourth-order valence-corrected chi connectivity index (χ4v) is 4.49. The monoisotopic (exact) mass is 402 g/mol. The molecule has 0 aliphatic heterocycles. The first kappa shape index (κ1) is 18.0. The van der Waals surface area contributed by atoms with E-state index in [0.29, 0.717) is 5.89 Å². The number of hydrogen-bond donors (Lipinski definition) is 0. The predicted molar refractivity (Wildman–Crippen MR) is 128 cm³/mol. The molecular formula is C28H22N2O. The van der Waals surface area contributed by atoms with Gasteiger partial charge >= 0.3 is 0 Å². The van der Waals surface area contributed by atoms with Crippen LogP contribution in [0.5, 0.6) is 0 Å². The molecule has 6 aromatic rings. The standard InChI is InChI=1S/C28H22N2O/c1-2-7-19-12-17-26-23(18-19)22-8-3-5-10-25(22)30(26)21-15-13-20(14-16-21)28-29-24-9-4-6-11-27(24)31-28/h3-6,8-18H,2,7H2,1H3. The highest BCUT2D eigenvalue weighted by atomic mass is 16.3. The lowest BCUT2D eigenvalue weighted by atomic mass is 10.1. The molecule has 150 valence electrons. The van der Waals surface area contributed by atoms with Gasteiger partial charge in [-0.05, 0) is 66.6 Å². The van der Waals surface area contributed by atoms with Gasteiger partial charge in [-0.25, -0.2) is 4.98 Å². The number of rotatable bonds is 4. The van der Waals surface area contributed by atoms with Gasteiger partial charge in [0.1, 0.15) is 5.52 Å². The van der Waals surface area contributed by atoms with E-state index in [-0.39, 0.29) is 0 Å². The Kier molecular flexibility index (Phi) is 4.13. The molecule has 0 N–H and O–H groups in total. The van der Waals surface area contributed by atoms with Crippen molar-refractivity contribution in [1.29, 1.82) is 0 Å². The van der Waals surface area contributed by atoms with Crippen molar-refractivity contribution < 1.29 is 4.42 Å². The lowest BCUT2D eigenvalue weighted by molar-refractivity contribution is 0.620. The molecule has 31 heavy (non-hydrogen) atoms. The molecule has 0 atom stereocenters. The molecule has 0 aliphatic carbocycles. The molecule has 0 aliphatic rings. The van der Waals surface area contributed by atoms with Crippen molar-refractivity contribution >= 4 is 32.9 Å². The number of aromatic nitrogens is 2. The minimum atomic E-state index is 0.652. The summed E-state index contributed by atoms with van der Waals surface area (Å²) in [6, 6.07) is 31.9. The first-order chi connectivity index (χ1) is 15.3. The third-order valence-electron chi connectivity index (χ3n) is 5.94. The van der Waals surface area contributed by atoms with E-state index in [1.165, 1.54) is 27.4 Å². The summed E-state index contributed by atoms with van der Waals surface area (Å²) in [5, 5.41) is 2.60. The molecule has 0 spiro atoms. The van der Waals surface area contributed by atoms with Gasteiger partial charge < -0.3 is 8.98 Å². The highest BCUT2D eigenvalue weighted by Crippen LogP contribution is 2.33. The van der Waals surface area contributed by atoms with Gasteiger partial charge in [0.15, 0.2) is 5.58 Å². The Morgan fingerprint density at radius 1 is 0.774 bits per heavy atom. The van der Waals surface area contributed by atoms with Crippen LogP contribution in [0.4, 0.5) is 0 Å². The largest absolute Gasteiger partial charge is 0.436 e. The first-order valence-electron chi connectivity index (χ1n) is 10.8. The van der Waals surface area contributed by atoms with Crippen LogP contribution in [0.2, 0.25) is 0 Å². The molecule has 2 heterocycles. The van der Waals surface area contributed by atoms with Crippen molar-refractivity contribution in [1.82, 2.24) is 9.55 Å². The van der Waals surface area contributed by atoms with Crippen LogP contribution in [0.3, 0.4) is 0 Å². The number of aryl methyl sites for hydroxylation is 1. The Hall–Kier alpha value is -3.85. The second-order valence-corrected chi connectivity index (χ2v) is 7.99. The van der Waals surface area contributed by atoms with Crippen LogP contribution < -0.4 is 0 Å². The Balaban J connectivity index is 1.49. The number of hydrogen-bond acceptors (Lipinski definition) is 2. The van der Waals surface area contributed by atoms with Gasteiger partial charge in [0.2, 0.25) is 5.89 Å². The van der Waals surface area contributed by atoms with Crippen molar-refractivity contribution in [3.05, 3.63) is 96.6 Å². The van der Waals surface area contributed by atoms with E-state index in [4.69, 9.17) is 4.42 Å². The molecule has 0 unspecified atom stereocenters. The summed E-state index contributed by atoms with van der Waals surface area (Å²) < 4.78 is 8.29. The molecule has 0 saturated carbocycles. The highest BCUT2D eigenvalue weighted by Gasteiger charge is 2.13. The van der Waals surface area contributed by atoms with Gasteiger partial charge in [0, 0.05) is 22.0 Å². The average molecular weight is 402 g/mol. The van der Waals surface area contributed by atoms with Crippen LogP contribution >= 0.6 is 0 Å². The Morgan fingerprint density at radius 3 is 2.39 bits per heavy atom. The van der Waals surface area contributed by atoms with E-state index in [1.807, 2.05) is 24.3 Å². The molecule has 0 amide bonds. The SMILES string of the molecule is CCCc1ccc2c(c1)c1ccccc1n2-c1ccc(-c2nc3ccccc3o2)cc1. The minimum Gasteiger partial charge on any atom is -0.436 e. The Labute approximate surface area is 180 Å². The van der Waals surface area contributed by atoms with E-state index in [0.717, 1.165) is 35.2 Å². The Morgan fingerprint density at radius 2 is 1.55 bits per heavy atom. The third-order valence-corrected chi connectivity index (χ3v) is 5.94. The lowest BCUT2D eigenvalue weighted by Gasteiger charge is -2.09. The zero-order valence-electron chi connectivity index (χ0n) is 17.4. The number of oxazole rings is 1. The zero-order valence-corrected chi connectivity index (χ0v) is 17.4. The second kappa shape index (κ2) is 7.13. The van der Waals surface area contributed by atoms with E-state index < -0.39 is 0 Å². The van der Waals surface area contributed by atoms with Crippen LogP contribution in [-0.2, 0) is 6.42 Å². The predicted octanol–water partition coefficient (Wildman–Crippen LogP) is 7.54. The highest BCUT2D eigenvalue weighted by molar-refractivity contribution is 6.09. The van der Waals surface area contributed by atoms with E-state index in [2.05, 4.69) is 83.2 Å². The number of para-hydroxylation sites is 3. The zero-order chi connectivity index (χ0) is 20.8. The summed E-state index contributed by atoms with van der Waals surface area (Å²) in [6.45, 7) is 2.23. The molecular weight excluding hydrogens is 380 g/mol. The molecule has 3 nitrogen and oxygen atoms in total. The smallest absolute Gasteiger partial charge is 0.227 e. The Bertz CT molecular complexity index is 1500. The topological polar surface area (TPSA) is 31.0 Å². The van der Waals surface area contributed by atoms with Gasteiger partial charge in [-0.3, -0.25) is 0 Å². The van der Waals surface area contributed by atoms with Crippen LogP contribution in [0.25, 0.3) is 50.0 Å². The normalized spacial score (nSPS) is 11.6. The van der Waals surface area contributed by atoms with E-state index in [9.17, 15) is 0 Å². The van der Waals surface area contributed by atoms with Gasteiger partial charge in [0.05, 0.1) is 11.0 Å². The van der Waals surface area contributed by atoms with Gasteiger partial charge in [-0.15, -0.1) is 0 Å². The second-order valence-electron chi connectivity index (χ2n) is 7.99. The van der Waals surface area contributed by atoms with Crippen molar-refractivity contribution in [3.63, 3.8) is 0 Å². The van der Waals surface area contributed by atoms with Crippen molar-refractivity contribution in [2.24, 2.45) is 0 Å². The number of benzene rings is 4. The molecule has 3 heteroatoms. The van der Waals surface area contributed by atoms with Crippen molar-refractivity contribution in [2.75, 3.05) is 0 Å². The quantitative estimate of drug-likeness (QED) is 0.305. The van der Waals surface area contributed by atoms with E-state index in [1.54, 1.807) is 0 Å². The van der Waals surface area contributed by atoms with Crippen LogP contribution in [0, 0.1) is 0 Å². The van der Waals surface area contributed by atoms with Gasteiger partial charge in [-0.1, -0.05) is 49.7 Å². The first-order valence-corrected chi connectivity index (χ1v) is 10.8. The van der Waals surface area contributed by atoms with E-state index >= 15 is 0 Å². The molecule has 0 fully saturated rings. The minimum absolute atomic E-state index is 0.652. The fourth-order valence-electron chi connectivity index (χ4n) is 4.49. The lowest BCUT2D eigenvalue weighted by Crippen LogP contribution is -1.94. The summed E-state index contributed by atoms with van der Waals surface area (Å²) >= 11 is 0. The van der Waals surface area contributed by atoms with Crippen molar-refractivity contribution in [3.8, 4) is 17.1 Å². The van der Waals surface area contributed by atoms with Crippen LogP contribution in [0.1, 0.15) is 18.9 Å². The molecule has 4 aromatic carbocycles. The van der Waals surface area contributed by atoms with Crippen molar-refractivity contribution in [2.45, 2.75) is 19.8 Å². The molecule has 0 saturated heterocycles. The molecule has 2 aromatic heterocycles. The summed E-state index contributed by atoms with van der Waals surface area (Å²) in [7, 11) is 0. The number of fused-ring (bicyclic) bond motifs is 4. The maximum atomic E-state index is 5.94. The van der Waals surface area contributed by atoms with Crippen LogP contribution in [-0.4, -0.2) is 9.55 Å². The molecule has 6 rings (SSSR count). The van der Waals surface area contributed by atoms with Crippen LogP contribution in [0.15, 0.2) is 95.4 Å². The third kappa shape index (κ3) is 2.93. The fraction of sp³-hybridized carbons (Fsp3) is 0.107. The van der Waals surface area contributed by atoms with Gasteiger partial charge in [-0.2, -0.15) is 0 Å². The average Bonchev–Trinajstić information content (AvgIpc) is 3.39. The maximum Gasteiger partial charge on any atom is 0.227 e. The maximum absolute atomic E-state index is 5.94. The summed E-state index contributed by atoms with van der Waals surface area (Å²) in [5.41, 5.74) is 7.65. The summed E-state index contributed by atoms with van der Waals surface area (Å²) in [4.78, 5) is 4.63. The molecule has 0 bridgehead atoms.